The number of halogens is 4. The molecule has 0 fully saturated rings. The second-order valence-corrected chi connectivity index (χ2v) is 5.86. The highest BCUT2D eigenvalue weighted by Crippen LogP contribution is 2.22. The number of amides is 1. The number of nitrogens with zero attached hydrogens (tertiary/aromatic N) is 4. The number of rotatable bonds is 5. The fraction of sp³-hybridized carbons (Fsp3) is 0.133. The van der Waals surface area contributed by atoms with Gasteiger partial charge in [-0.05, 0) is 28.1 Å². The highest BCUT2D eigenvalue weighted by molar-refractivity contribution is 9.10. The van der Waals surface area contributed by atoms with Crippen molar-refractivity contribution < 1.29 is 18.0 Å². The third kappa shape index (κ3) is 3.73. The summed E-state index contributed by atoms with van der Waals surface area (Å²) in [7, 11) is 0. The molecule has 0 radical (unpaired) electrons. The Kier molecular flexibility index (Phi) is 4.88. The second-order valence-electron chi connectivity index (χ2n) is 5.01. The highest BCUT2D eigenvalue weighted by atomic mass is 79.9. The van der Waals surface area contributed by atoms with Gasteiger partial charge >= 0.3 is 6.55 Å². The minimum Gasteiger partial charge on any atom is -0.303 e. The number of alkyl halides is 2. The lowest BCUT2D eigenvalue weighted by molar-refractivity contribution is 0.0520. The van der Waals surface area contributed by atoms with E-state index in [4.69, 9.17) is 0 Å². The number of benzene rings is 1. The zero-order valence-electron chi connectivity index (χ0n) is 12.5. The van der Waals surface area contributed by atoms with Crippen LogP contribution in [0.4, 0.5) is 19.0 Å². The summed E-state index contributed by atoms with van der Waals surface area (Å²) in [5.41, 5.74) is 0.122. The van der Waals surface area contributed by atoms with Crippen molar-refractivity contribution in [1.29, 1.82) is 0 Å². The van der Waals surface area contributed by atoms with Crippen molar-refractivity contribution in [2.75, 3.05) is 5.32 Å². The van der Waals surface area contributed by atoms with Gasteiger partial charge in [-0.15, -0.1) is 0 Å². The molecule has 0 saturated heterocycles. The van der Waals surface area contributed by atoms with E-state index in [2.05, 4.69) is 31.4 Å². The van der Waals surface area contributed by atoms with Gasteiger partial charge in [0.05, 0.1) is 11.0 Å². The Balaban J connectivity index is 1.78. The lowest BCUT2D eigenvalue weighted by Crippen LogP contribution is -2.19. The predicted octanol–water partition coefficient (Wildman–Crippen LogP) is 3.68. The highest BCUT2D eigenvalue weighted by Gasteiger charge is 2.20. The molecule has 3 aromatic rings. The molecule has 0 aliphatic heterocycles. The van der Waals surface area contributed by atoms with Crippen molar-refractivity contribution in [2.45, 2.75) is 13.1 Å². The quantitative estimate of drug-likeness (QED) is 0.693. The van der Waals surface area contributed by atoms with Crippen molar-refractivity contribution in [3.8, 4) is 0 Å². The normalized spacial score (nSPS) is 11.1. The lowest BCUT2D eigenvalue weighted by atomic mass is 10.2. The number of nitrogens with one attached hydrogen (secondary N) is 1. The predicted molar refractivity (Wildman–Crippen MR) is 86.9 cm³/mol. The summed E-state index contributed by atoms with van der Waals surface area (Å²) in [4.78, 5) is 12.1. The van der Waals surface area contributed by atoms with Gasteiger partial charge < -0.3 is 5.32 Å². The molecule has 0 saturated carbocycles. The molecule has 6 nitrogen and oxygen atoms in total. The molecule has 25 heavy (non-hydrogen) atoms. The lowest BCUT2D eigenvalue weighted by Gasteiger charge is -2.06. The van der Waals surface area contributed by atoms with Crippen molar-refractivity contribution in [3.63, 3.8) is 0 Å². The molecule has 0 aliphatic rings. The molecular weight excluding hydrogens is 403 g/mol. The van der Waals surface area contributed by atoms with E-state index >= 15 is 0 Å². The molecule has 1 amide bonds. The summed E-state index contributed by atoms with van der Waals surface area (Å²) in [6, 6.07) is 7.40. The molecule has 0 atom stereocenters. The average Bonchev–Trinajstić information content (AvgIpc) is 3.17. The van der Waals surface area contributed by atoms with Crippen molar-refractivity contribution in [3.05, 3.63) is 64.3 Å². The van der Waals surface area contributed by atoms with Crippen molar-refractivity contribution in [2.24, 2.45) is 0 Å². The van der Waals surface area contributed by atoms with Crippen LogP contribution < -0.4 is 5.32 Å². The Morgan fingerprint density at radius 1 is 1.28 bits per heavy atom. The zero-order valence-corrected chi connectivity index (χ0v) is 14.1. The van der Waals surface area contributed by atoms with Gasteiger partial charge in [0.25, 0.3) is 5.91 Å². The van der Waals surface area contributed by atoms with Gasteiger partial charge in [0.15, 0.2) is 5.82 Å². The first-order valence-corrected chi connectivity index (χ1v) is 7.84. The molecule has 1 aromatic carbocycles. The van der Waals surface area contributed by atoms with E-state index in [1.54, 1.807) is 24.4 Å². The number of carbonyl (C=O) groups is 1. The summed E-state index contributed by atoms with van der Waals surface area (Å²) in [5, 5.41) is 9.95. The van der Waals surface area contributed by atoms with Crippen LogP contribution >= 0.6 is 15.9 Å². The standard InChI is InChI=1S/C15H11BrF3N5O/c16-10-8-23(7-9-3-1-2-4-11(9)17)22-13(10)21-14(25)12-5-6-20-24(12)15(18)19/h1-6,8,15H,7H2,(H,21,22,25). The third-order valence-electron chi connectivity index (χ3n) is 3.33. The molecule has 2 aromatic heterocycles. The Bertz CT molecular complexity index is 908. The van der Waals surface area contributed by atoms with Gasteiger partial charge in [-0.3, -0.25) is 9.48 Å². The number of hydrogen-bond donors (Lipinski definition) is 1. The maximum atomic E-state index is 13.7. The first-order valence-electron chi connectivity index (χ1n) is 7.05. The Morgan fingerprint density at radius 2 is 2.04 bits per heavy atom. The van der Waals surface area contributed by atoms with Gasteiger partial charge in [0.1, 0.15) is 11.5 Å². The average molecular weight is 414 g/mol. The summed E-state index contributed by atoms with van der Waals surface area (Å²) >= 11 is 3.23. The Morgan fingerprint density at radius 3 is 2.76 bits per heavy atom. The minimum atomic E-state index is -2.93. The molecule has 10 heteroatoms. The van der Waals surface area contributed by atoms with Crippen LogP contribution in [0.15, 0.2) is 47.2 Å². The van der Waals surface area contributed by atoms with Gasteiger partial charge in [0, 0.05) is 18.0 Å². The van der Waals surface area contributed by atoms with E-state index in [-0.39, 0.29) is 23.9 Å². The van der Waals surface area contributed by atoms with Crippen molar-refractivity contribution >= 4 is 27.7 Å². The van der Waals surface area contributed by atoms with Crippen LogP contribution in [-0.2, 0) is 6.54 Å². The first-order chi connectivity index (χ1) is 12.0. The van der Waals surface area contributed by atoms with E-state index in [1.807, 2.05) is 0 Å². The smallest absolute Gasteiger partial charge is 0.303 e. The van der Waals surface area contributed by atoms with E-state index in [0.717, 1.165) is 6.20 Å². The fourth-order valence-electron chi connectivity index (χ4n) is 2.19. The molecule has 0 spiro atoms. The zero-order chi connectivity index (χ0) is 18.0. The van der Waals surface area contributed by atoms with Crippen molar-refractivity contribution in [1.82, 2.24) is 19.6 Å². The van der Waals surface area contributed by atoms with Crippen LogP contribution in [0.2, 0.25) is 0 Å². The van der Waals surface area contributed by atoms with Gasteiger partial charge in [0.2, 0.25) is 0 Å². The maximum Gasteiger partial charge on any atom is 0.333 e. The van der Waals surface area contributed by atoms with Crippen LogP contribution in [-0.4, -0.2) is 25.5 Å². The van der Waals surface area contributed by atoms with E-state index in [9.17, 15) is 18.0 Å². The van der Waals surface area contributed by atoms with E-state index in [1.165, 1.54) is 16.8 Å². The molecule has 0 bridgehead atoms. The number of anilines is 1. The van der Waals surface area contributed by atoms with Crippen LogP contribution in [0.1, 0.15) is 22.6 Å². The molecule has 0 aliphatic carbocycles. The van der Waals surface area contributed by atoms with Crippen LogP contribution in [0, 0.1) is 5.82 Å². The minimum absolute atomic E-state index is 0.128. The molecule has 2 heterocycles. The third-order valence-corrected chi connectivity index (χ3v) is 3.91. The Labute approximate surface area is 148 Å². The van der Waals surface area contributed by atoms with Crippen LogP contribution in [0.25, 0.3) is 0 Å². The molecule has 3 rings (SSSR count). The maximum absolute atomic E-state index is 13.7. The summed E-state index contributed by atoms with van der Waals surface area (Å²) in [6.45, 7) is -2.78. The Hall–Kier alpha value is -2.62. The topological polar surface area (TPSA) is 64.7 Å². The second kappa shape index (κ2) is 7.09. The summed E-state index contributed by atoms with van der Waals surface area (Å²) < 4.78 is 41.4. The van der Waals surface area contributed by atoms with Crippen LogP contribution in [0.5, 0.6) is 0 Å². The number of aromatic nitrogens is 4. The molecule has 130 valence electrons. The summed E-state index contributed by atoms with van der Waals surface area (Å²) in [6.07, 6.45) is 2.65. The number of carbonyl (C=O) groups excluding carboxylic acids is 1. The molecule has 0 unspecified atom stereocenters. The van der Waals surface area contributed by atoms with Crippen LogP contribution in [0.3, 0.4) is 0 Å². The van der Waals surface area contributed by atoms with Gasteiger partial charge in [-0.1, -0.05) is 18.2 Å². The molecular formula is C15H11BrF3N5O. The van der Waals surface area contributed by atoms with Gasteiger partial charge in [-0.2, -0.15) is 23.7 Å². The van der Waals surface area contributed by atoms with E-state index < -0.39 is 12.5 Å². The largest absolute Gasteiger partial charge is 0.333 e. The van der Waals surface area contributed by atoms with E-state index in [0.29, 0.717) is 14.7 Å². The monoisotopic (exact) mass is 413 g/mol. The SMILES string of the molecule is O=C(Nc1nn(Cc2ccccc2F)cc1Br)c1ccnn1C(F)F. The summed E-state index contributed by atoms with van der Waals surface area (Å²) in [5.74, 6) is -1.03. The van der Waals surface area contributed by atoms with Gasteiger partial charge in [-0.25, -0.2) is 4.39 Å². The molecule has 1 N–H and O–H groups in total. The first kappa shape index (κ1) is 17.2. The number of hydrogen-bond acceptors (Lipinski definition) is 3. The fourth-order valence-corrected chi connectivity index (χ4v) is 2.60.